The van der Waals surface area contributed by atoms with Crippen LogP contribution in [0.3, 0.4) is 0 Å². The van der Waals surface area contributed by atoms with Crippen molar-refractivity contribution in [2.24, 2.45) is 0 Å². The van der Waals surface area contributed by atoms with E-state index in [1.807, 2.05) is 6.92 Å². The van der Waals surface area contributed by atoms with Crippen molar-refractivity contribution in [1.82, 2.24) is 15.0 Å². The molecule has 0 unspecified atom stereocenters. The van der Waals surface area contributed by atoms with Gasteiger partial charge in [0.1, 0.15) is 4.90 Å². The van der Waals surface area contributed by atoms with Gasteiger partial charge in [0.2, 0.25) is 10.0 Å². The maximum absolute atomic E-state index is 12.8. The fourth-order valence-corrected chi connectivity index (χ4v) is 6.63. The van der Waals surface area contributed by atoms with Crippen molar-refractivity contribution in [2.45, 2.75) is 76.3 Å². The highest BCUT2D eigenvalue weighted by Crippen LogP contribution is 2.42. The van der Waals surface area contributed by atoms with Gasteiger partial charge >= 0.3 is 6.15 Å². The van der Waals surface area contributed by atoms with Crippen LogP contribution in [0.15, 0.2) is 17.0 Å². The molecule has 0 bridgehead atoms. The van der Waals surface area contributed by atoms with E-state index in [4.69, 9.17) is 32.8 Å². The summed E-state index contributed by atoms with van der Waals surface area (Å²) in [5.74, 6) is -0.186. The molecule has 1 aromatic heterocycles. The van der Waals surface area contributed by atoms with E-state index < -0.39 is 15.6 Å². The van der Waals surface area contributed by atoms with Crippen LogP contribution in [0.5, 0.6) is 0 Å². The fraction of sp³-hybridized carbons (Fsp3) is 0.500. The SMILES string of the molecule is CCCc1nc(C(=O)NC2CCC2)sc1-c1ccc(S(=O)(=O)NC(C)(C)C)c(Cl)c1Cl.O=C=O. The second-order valence-electron chi connectivity index (χ2n) is 8.82. The summed E-state index contributed by atoms with van der Waals surface area (Å²) in [6.07, 6.45) is 4.87. The predicted octanol–water partition coefficient (Wildman–Crippen LogP) is 4.85. The molecule has 34 heavy (non-hydrogen) atoms. The normalized spacial score (nSPS) is 13.9. The van der Waals surface area contributed by atoms with Gasteiger partial charge in [0.15, 0.2) is 5.01 Å². The third-order valence-electron chi connectivity index (χ3n) is 4.84. The second-order valence-corrected chi connectivity index (χ2v) is 12.2. The number of thiazole rings is 1. The van der Waals surface area contributed by atoms with Crippen LogP contribution in [0.25, 0.3) is 10.4 Å². The average Bonchev–Trinajstić information content (AvgIpc) is 3.09. The number of carbonyl (C=O) groups excluding carboxylic acids is 3. The quantitative estimate of drug-likeness (QED) is 0.511. The molecule has 0 spiro atoms. The van der Waals surface area contributed by atoms with Crippen LogP contribution in [-0.2, 0) is 26.0 Å². The zero-order chi connectivity index (χ0) is 25.7. The average molecular weight is 549 g/mol. The van der Waals surface area contributed by atoms with E-state index in [1.165, 1.54) is 17.4 Å². The van der Waals surface area contributed by atoms with Crippen molar-refractivity contribution in [3.63, 3.8) is 0 Å². The van der Waals surface area contributed by atoms with Gasteiger partial charge < -0.3 is 5.32 Å². The molecule has 1 fully saturated rings. The van der Waals surface area contributed by atoms with Crippen molar-refractivity contribution in [2.75, 3.05) is 0 Å². The molecule has 1 amide bonds. The monoisotopic (exact) mass is 547 g/mol. The number of rotatable bonds is 7. The highest BCUT2D eigenvalue weighted by molar-refractivity contribution is 7.89. The molecule has 0 saturated heterocycles. The van der Waals surface area contributed by atoms with Crippen molar-refractivity contribution in [3.8, 4) is 10.4 Å². The van der Waals surface area contributed by atoms with Crippen molar-refractivity contribution >= 4 is 56.6 Å². The number of aryl methyl sites for hydroxylation is 1. The molecule has 8 nitrogen and oxygen atoms in total. The molecule has 1 aliphatic carbocycles. The second kappa shape index (κ2) is 11.7. The molecule has 1 aromatic carbocycles. The minimum atomic E-state index is -3.85. The Hall–Kier alpha value is -1.81. The zero-order valence-electron chi connectivity index (χ0n) is 19.3. The van der Waals surface area contributed by atoms with Crippen LogP contribution >= 0.6 is 34.5 Å². The summed E-state index contributed by atoms with van der Waals surface area (Å²) in [6, 6.07) is 3.29. The van der Waals surface area contributed by atoms with Gasteiger partial charge in [0, 0.05) is 17.1 Å². The number of halogens is 2. The van der Waals surface area contributed by atoms with Crippen molar-refractivity contribution in [3.05, 3.63) is 32.9 Å². The Morgan fingerprint density at radius 2 is 1.82 bits per heavy atom. The van der Waals surface area contributed by atoms with Crippen LogP contribution < -0.4 is 10.0 Å². The van der Waals surface area contributed by atoms with Gasteiger partial charge in [0.05, 0.1) is 20.6 Å². The van der Waals surface area contributed by atoms with Gasteiger partial charge in [0.25, 0.3) is 5.91 Å². The first-order valence-corrected chi connectivity index (χ1v) is 13.7. The summed E-state index contributed by atoms with van der Waals surface area (Å²) in [4.78, 5) is 34.1. The molecule has 3 rings (SSSR count). The zero-order valence-corrected chi connectivity index (χ0v) is 22.5. The van der Waals surface area contributed by atoms with Gasteiger partial charge in [-0.2, -0.15) is 9.59 Å². The lowest BCUT2D eigenvalue weighted by atomic mass is 9.93. The Kier molecular flexibility index (Phi) is 9.82. The van der Waals surface area contributed by atoms with E-state index in [-0.39, 0.29) is 33.0 Å². The van der Waals surface area contributed by atoms with Crippen molar-refractivity contribution < 1.29 is 22.8 Å². The third-order valence-corrected chi connectivity index (χ3v) is 8.76. The Morgan fingerprint density at radius 3 is 2.32 bits per heavy atom. The number of sulfonamides is 1. The summed E-state index contributed by atoms with van der Waals surface area (Å²) < 4.78 is 28.1. The molecule has 1 aliphatic rings. The molecule has 0 radical (unpaired) electrons. The van der Waals surface area contributed by atoms with Crippen molar-refractivity contribution in [1.29, 1.82) is 0 Å². The van der Waals surface area contributed by atoms with E-state index in [1.54, 1.807) is 26.8 Å². The Bertz CT molecular complexity index is 1180. The summed E-state index contributed by atoms with van der Waals surface area (Å²) in [5, 5.41) is 3.47. The molecule has 2 aromatic rings. The number of nitrogens with zero attached hydrogens (tertiary/aromatic N) is 1. The standard InChI is InChI=1S/C21H27Cl2N3O3S2.CO2/c1-5-7-14-18(30-20(25-14)19(27)24-12-8-6-9-12)13-10-11-15(17(23)16(13)22)31(28,29)26-21(2,3)4;2-1-3/h10-12,26H,5-9H2,1-4H3,(H,24,27);. The van der Waals surface area contributed by atoms with Crippen LogP contribution in [0.1, 0.15) is 68.9 Å². The minimum absolute atomic E-state index is 0.0489. The maximum atomic E-state index is 12.8. The molecular weight excluding hydrogens is 521 g/mol. The molecule has 12 heteroatoms. The topological polar surface area (TPSA) is 122 Å². The van der Waals surface area contributed by atoms with E-state index in [0.29, 0.717) is 17.0 Å². The van der Waals surface area contributed by atoms with E-state index in [0.717, 1.165) is 36.3 Å². The molecular formula is C22H27Cl2N3O5S2. The largest absolute Gasteiger partial charge is 0.373 e. The predicted molar refractivity (Wildman–Crippen MR) is 132 cm³/mol. The lowest BCUT2D eigenvalue weighted by Crippen LogP contribution is -2.40. The number of carbonyl (C=O) groups is 1. The van der Waals surface area contributed by atoms with Crippen LogP contribution in [0, 0.1) is 0 Å². The Labute approximate surface area is 213 Å². The van der Waals surface area contributed by atoms with Gasteiger partial charge in [-0.3, -0.25) is 4.79 Å². The summed E-state index contributed by atoms with van der Waals surface area (Å²) in [5.41, 5.74) is 0.666. The van der Waals surface area contributed by atoms with E-state index in [9.17, 15) is 13.2 Å². The number of amides is 1. The maximum Gasteiger partial charge on any atom is 0.373 e. The smallest absolute Gasteiger partial charge is 0.347 e. The summed E-state index contributed by atoms with van der Waals surface area (Å²) in [6.45, 7) is 7.27. The summed E-state index contributed by atoms with van der Waals surface area (Å²) >= 11 is 14.2. The van der Waals surface area contributed by atoms with Crippen LogP contribution in [0.4, 0.5) is 0 Å². The van der Waals surface area contributed by atoms with Gasteiger partial charge in [-0.05, 0) is 52.5 Å². The molecule has 0 atom stereocenters. The van der Waals surface area contributed by atoms with Crippen LogP contribution in [-0.4, -0.2) is 37.0 Å². The lowest BCUT2D eigenvalue weighted by Gasteiger charge is -2.25. The minimum Gasteiger partial charge on any atom is -0.347 e. The highest BCUT2D eigenvalue weighted by Gasteiger charge is 2.28. The van der Waals surface area contributed by atoms with Gasteiger partial charge in [-0.15, -0.1) is 11.3 Å². The van der Waals surface area contributed by atoms with E-state index >= 15 is 0 Å². The third kappa shape index (κ3) is 7.10. The fourth-order valence-electron chi connectivity index (χ4n) is 3.24. The highest BCUT2D eigenvalue weighted by atomic mass is 35.5. The molecule has 0 aliphatic heterocycles. The first-order valence-electron chi connectivity index (χ1n) is 10.7. The van der Waals surface area contributed by atoms with Gasteiger partial charge in [-0.1, -0.05) is 42.6 Å². The van der Waals surface area contributed by atoms with E-state index in [2.05, 4.69) is 15.0 Å². The number of benzene rings is 1. The first kappa shape index (κ1) is 28.4. The molecule has 2 N–H and O–H groups in total. The molecule has 1 heterocycles. The molecule has 186 valence electrons. The Morgan fingerprint density at radius 1 is 1.21 bits per heavy atom. The molecule has 1 saturated carbocycles. The summed E-state index contributed by atoms with van der Waals surface area (Å²) in [7, 11) is -3.85. The number of hydrogen-bond acceptors (Lipinski definition) is 7. The lowest BCUT2D eigenvalue weighted by molar-refractivity contribution is -0.191. The Balaban J connectivity index is 0.00000129. The number of hydrogen-bond donors (Lipinski definition) is 2. The van der Waals surface area contributed by atoms with Gasteiger partial charge in [-0.25, -0.2) is 18.1 Å². The number of aromatic nitrogens is 1. The number of nitrogens with one attached hydrogen (secondary N) is 2. The first-order chi connectivity index (χ1) is 15.8. The van der Waals surface area contributed by atoms with Crippen LogP contribution in [0.2, 0.25) is 10.0 Å².